The van der Waals surface area contributed by atoms with Crippen molar-refractivity contribution in [3.63, 3.8) is 0 Å². The molecule has 0 bridgehead atoms. The van der Waals surface area contributed by atoms with Gasteiger partial charge < -0.3 is 4.74 Å². The Bertz CT molecular complexity index is 678. The van der Waals surface area contributed by atoms with E-state index in [1.807, 2.05) is 42.5 Å². The molecule has 3 rings (SSSR count). The van der Waals surface area contributed by atoms with Crippen LogP contribution < -0.4 is 0 Å². The Kier molecular flexibility index (Phi) is 2.45. The lowest BCUT2D eigenvalue weighted by atomic mass is 10.0. The number of fused-ring (bicyclic) bond motifs is 1. The molecule has 0 N–H and O–H groups in total. The predicted molar refractivity (Wildman–Crippen MR) is 67.6 cm³/mol. The highest BCUT2D eigenvalue weighted by atomic mass is 16.6. The summed E-state index contributed by atoms with van der Waals surface area (Å²) >= 11 is 0. The van der Waals surface area contributed by atoms with Gasteiger partial charge in [-0.1, -0.05) is 42.5 Å². The summed E-state index contributed by atoms with van der Waals surface area (Å²) in [5, 5.41) is 2.16. The lowest BCUT2D eigenvalue weighted by Gasteiger charge is -2.02. The molecule has 2 aromatic rings. The Balaban J connectivity index is 2.13. The molecule has 3 heteroatoms. The molecule has 3 nitrogen and oxygen atoms in total. The zero-order valence-electron chi connectivity index (χ0n) is 9.55. The van der Waals surface area contributed by atoms with Crippen molar-refractivity contribution in [2.45, 2.75) is 6.42 Å². The Labute approximate surface area is 104 Å². The molecule has 88 valence electrons. The van der Waals surface area contributed by atoms with Crippen LogP contribution in [0.25, 0.3) is 16.8 Å². The molecule has 18 heavy (non-hydrogen) atoms. The van der Waals surface area contributed by atoms with E-state index in [1.165, 1.54) is 0 Å². The van der Waals surface area contributed by atoms with Crippen molar-refractivity contribution in [2.75, 3.05) is 0 Å². The van der Waals surface area contributed by atoms with E-state index >= 15 is 0 Å². The van der Waals surface area contributed by atoms with E-state index in [0.29, 0.717) is 5.57 Å². The first-order chi connectivity index (χ1) is 8.74. The van der Waals surface area contributed by atoms with Gasteiger partial charge in [0.15, 0.2) is 0 Å². The van der Waals surface area contributed by atoms with Crippen molar-refractivity contribution in [1.82, 2.24) is 0 Å². The van der Waals surface area contributed by atoms with Crippen molar-refractivity contribution in [3.8, 4) is 0 Å². The molecular formula is C15H10O3. The van der Waals surface area contributed by atoms with Crippen LogP contribution in [0.1, 0.15) is 12.0 Å². The van der Waals surface area contributed by atoms with Gasteiger partial charge in [-0.3, -0.25) is 4.79 Å². The van der Waals surface area contributed by atoms with Gasteiger partial charge in [0.25, 0.3) is 0 Å². The summed E-state index contributed by atoms with van der Waals surface area (Å²) in [6.07, 6.45) is 1.79. The summed E-state index contributed by atoms with van der Waals surface area (Å²) in [7, 11) is 0. The highest BCUT2D eigenvalue weighted by molar-refractivity contribution is 6.09. The smallest absolute Gasteiger partial charge is 0.342 e. The number of hydrogen-bond donors (Lipinski definition) is 0. The largest absolute Gasteiger partial charge is 0.389 e. The van der Waals surface area contributed by atoms with Crippen LogP contribution in [0.15, 0.2) is 48.0 Å². The van der Waals surface area contributed by atoms with Crippen LogP contribution in [0, 0.1) is 0 Å². The first-order valence-electron chi connectivity index (χ1n) is 5.67. The topological polar surface area (TPSA) is 43.4 Å². The monoisotopic (exact) mass is 238 g/mol. The van der Waals surface area contributed by atoms with Gasteiger partial charge >= 0.3 is 11.9 Å². The molecule has 0 radical (unpaired) electrons. The molecule has 1 fully saturated rings. The van der Waals surface area contributed by atoms with Gasteiger partial charge in [0.05, 0.1) is 6.42 Å². The molecule has 0 aromatic heterocycles. The van der Waals surface area contributed by atoms with Crippen molar-refractivity contribution >= 4 is 28.8 Å². The van der Waals surface area contributed by atoms with Crippen molar-refractivity contribution in [2.24, 2.45) is 0 Å². The third kappa shape index (κ3) is 1.80. The van der Waals surface area contributed by atoms with Crippen LogP contribution in [0.5, 0.6) is 0 Å². The maximum absolute atomic E-state index is 11.4. The standard InChI is InChI=1S/C15H10O3/c16-14-9-12(15(17)18-14)8-11-6-3-5-10-4-1-2-7-13(10)11/h1-8H,9H2. The first kappa shape index (κ1) is 10.7. The predicted octanol–water partition coefficient (Wildman–Crippen LogP) is 2.70. The number of carbonyl (C=O) groups is 2. The SMILES string of the molecule is O=C1CC(=Cc2cccc3ccccc23)C(=O)O1. The van der Waals surface area contributed by atoms with Gasteiger partial charge in [0, 0.05) is 5.57 Å². The van der Waals surface area contributed by atoms with E-state index in [-0.39, 0.29) is 6.42 Å². The fourth-order valence-electron chi connectivity index (χ4n) is 2.11. The maximum Gasteiger partial charge on any atom is 0.342 e. The summed E-state index contributed by atoms with van der Waals surface area (Å²) < 4.78 is 4.51. The molecule has 0 unspecified atom stereocenters. The Morgan fingerprint density at radius 3 is 2.56 bits per heavy atom. The number of cyclic esters (lactones) is 2. The average molecular weight is 238 g/mol. The lowest BCUT2D eigenvalue weighted by molar-refractivity contribution is -0.151. The summed E-state index contributed by atoms with van der Waals surface area (Å²) in [5.41, 5.74) is 1.34. The summed E-state index contributed by atoms with van der Waals surface area (Å²) in [6.45, 7) is 0. The zero-order valence-corrected chi connectivity index (χ0v) is 9.55. The molecule has 0 saturated carbocycles. The summed E-state index contributed by atoms with van der Waals surface area (Å²) in [4.78, 5) is 22.4. The summed E-state index contributed by atoms with van der Waals surface area (Å²) in [6, 6.07) is 13.8. The van der Waals surface area contributed by atoms with E-state index in [1.54, 1.807) is 6.08 Å². The van der Waals surface area contributed by atoms with Crippen molar-refractivity contribution in [1.29, 1.82) is 0 Å². The number of carbonyl (C=O) groups excluding carboxylic acids is 2. The normalized spacial score (nSPS) is 17.4. The Hall–Kier alpha value is -2.42. The van der Waals surface area contributed by atoms with Gasteiger partial charge in [0.2, 0.25) is 0 Å². The van der Waals surface area contributed by atoms with E-state index in [4.69, 9.17) is 0 Å². The number of ether oxygens (including phenoxy) is 1. The molecule has 1 heterocycles. The molecule has 1 saturated heterocycles. The van der Waals surface area contributed by atoms with Crippen LogP contribution in [0.4, 0.5) is 0 Å². The third-order valence-corrected chi connectivity index (χ3v) is 2.96. The molecule has 1 aliphatic heterocycles. The van der Waals surface area contributed by atoms with E-state index in [2.05, 4.69) is 4.74 Å². The first-order valence-corrected chi connectivity index (χ1v) is 5.67. The van der Waals surface area contributed by atoms with Crippen LogP contribution in [-0.4, -0.2) is 11.9 Å². The highest BCUT2D eigenvalue weighted by Crippen LogP contribution is 2.24. The van der Waals surface area contributed by atoms with Crippen molar-refractivity contribution in [3.05, 3.63) is 53.6 Å². The second-order valence-corrected chi connectivity index (χ2v) is 4.18. The Morgan fingerprint density at radius 2 is 1.78 bits per heavy atom. The third-order valence-electron chi connectivity index (χ3n) is 2.96. The van der Waals surface area contributed by atoms with Crippen LogP contribution >= 0.6 is 0 Å². The quantitative estimate of drug-likeness (QED) is 0.436. The number of hydrogen-bond acceptors (Lipinski definition) is 3. The van der Waals surface area contributed by atoms with Gasteiger partial charge in [-0.2, -0.15) is 0 Å². The second-order valence-electron chi connectivity index (χ2n) is 4.18. The molecular weight excluding hydrogens is 228 g/mol. The highest BCUT2D eigenvalue weighted by Gasteiger charge is 2.26. The molecule has 0 aliphatic carbocycles. The minimum absolute atomic E-state index is 0.0576. The fraction of sp³-hybridized carbons (Fsp3) is 0.0667. The maximum atomic E-state index is 11.4. The van der Waals surface area contributed by atoms with Gasteiger partial charge in [-0.05, 0) is 22.4 Å². The number of rotatable bonds is 1. The van der Waals surface area contributed by atoms with Crippen molar-refractivity contribution < 1.29 is 14.3 Å². The average Bonchev–Trinajstić information content (AvgIpc) is 2.68. The van der Waals surface area contributed by atoms with E-state index in [0.717, 1.165) is 16.3 Å². The van der Waals surface area contributed by atoms with Gasteiger partial charge in [-0.25, -0.2) is 4.79 Å². The fourth-order valence-corrected chi connectivity index (χ4v) is 2.11. The molecule has 0 atom stereocenters. The van der Waals surface area contributed by atoms with Gasteiger partial charge in [0.1, 0.15) is 0 Å². The summed E-state index contributed by atoms with van der Waals surface area (Å²) in [5.74, 6) is -1.01. The van der Waals surface area contributed by atoms with Crippen LogP contribution in [0.3, 0.4) is 0 Å². The number of benzene rings is 2. The van der Waals surface area contributed by atoms with E-state index < -0.39 is 11.9 Å². The van der Waals surface area contributed by atoms with Crippen LogP contribution in [0.2, 0.25) is 0 Å². The molecule has 1 aliphatic rings. The molecule has 2 aromatic carbocycles. The van der Waals surface area contributed by atoms with Crippen LogP contribution in [-0.2, 0) is 14.3 Å². The van der Waals surface area contributed by atoms with Gasteiger partial charge in [-0.15, -0.1) is 0 Å². The second kappa shape index (κ2) is 4.11. The lowest BCUT2D eigenvalue weighted by Crippen LogP contribution is -1.96. The zero-order chi connectivity index (χ0) is 12.5. The molecule has 0 amide bonds. The minimum Gasteiger partial charge on any atom is -0.389 e. The van der Waals surface area contributed by atoms with E-state index in [9.17, 15) is 9.59 Å². The minimum atomic E-state index is -0.534. The number of esters is 2. The molecule has 0 spiro atoms. The Morgan fingerprint density at radius 1 is 1.00 bits per heavy atom.